The lowest BCUT2D eigenvalue weighted by molar-refractivity contribution is -0.141. The summed E-state index contributed by atoms with van der Waals surface area (Å²) >= 11 is 1.50. The van der Waals surface area contributed by atoms with Crippen molar-refractivity contribution in [3.63, 3.8) is 0 Å². The number of phenolic OH excluding ortho intramolecular Hbond substituents is 1. The highest BCUT2D eigenvalue weighted by Gasteiger charge is 2.27. The largest absolute Gasteiger partial charge is 0.507 e. The van der Waals surface area contributed by atoms with E-state index in [4.69, 9.17) is 5.73 Å². The number of carbonyl (C=O) groups excluding carboxylic acids is 1. The van der Waals surface area contributed by atoms with E-state index in [1.807, 2.05) is 12.1 Å². The zero-order valence-electron chi connectivity index (χ0n) is 15.2. The van der Waals surface area contributed by atoms with Crippen molar-refractivity contribution in [1.82, 2.24) is 0 Å². The van der Waals surface area contributed by atoms with Crippen molar-refractivity contribution in [1.29, 1.82) is 0 Å². The predicted octanol–water partition coefficient (Wildman–Crippen LogP) is 3.58. The van der Waals surface area contributed by atoms with Gasteiger partial charge in [0.15, 0.2) is 0 Å². The van der Waals surface area contributed by atoms with Crippen molar-refractivity contribution in [3.8, 4) is 5.75 Å². The molecule has 0 amide bonds. The Morgan fingerprint density at radius 2 is 1.61 bits per heavy atom. The van der Waals surface area contributed by atoms with Gasteiger partial charge in [-0.2, -0.15) is 0 Å². The van der Waals surface area contributed by atoms with E-state index in [-0.39, 0.29) is 10.8 Å². The van der Waals surface area contributed by atoms with Crippen LogP contribution in [-0.2, 0) is 20.4 Å². The van der Waals surface area contributed by atoms with Gasteiger partial charge < -0.3 is 15.6 Å². The Morgan fingerprint density at radius 3 is 1.96 bits per heavy atom. The summed E-state index contributed by atoms with van der Waals surface area (Å²) in [5, 5.41) is 10.7. The minimum Gasteiger partial charge on any atom is -0.507 e. The molecule has 1 rings (SSSR count). The Balaban J connectivity index is 3.21. The Kier molecular flexibility index (Phi) is 6.16. The van der Waals surface area contributed by atoms with E-state index < -0.39 is 12.0 Å². The standard InChI is InChI=1S/C18H29NO3S/c1-17(2,3)12-8-11(23-10-14(19)16(21)22-7)9-13(15(12)20)18(4,5)6/h8-9,14,20H,10,19H2,1-7H3/t14-/m0/s1. The smallest absolute Gasteiger partial charge is 0.323 e. The van der Waals surface area contributed by atoms with Gasteiger partial charge in [-0.05, 0) is 23.0 Å². The first-order chi connectivity index (χ1) is 10.4. The second-order valence-electron chi connectivity index (χ2n) is 7.81. The van der Waals surface area contributed by atoms with Gasteiger partial charge in [-0.3, -0.25) is 4.79 Å². The average Bonchev–Trinajstić information content (AvgIpc) is 2.42. The van der Waals surface area contributed by atoms with Gasteiger partial charge in [-0.25, -0.2) is 0 Å². The zero-order valence-corrected chi connectivity index (χ0v) is 16.0. The van der Waals surface area contributed by atoms with Gasteiger partial charge in [0.2, 0.25) is 0 Å². The van der Waals surface area contributed by atoms with Crippen LogP contribution in [0.25, 0.3) is 0 Å². The summed E-state index contributed by atoms with van der Waals surface area (Å²) in [6.45, 7) is 12.4. The number of methoxy groups -OCH3 is 1. The van der Waals surface area contributed by atoms with E-state index in [0.717, 1.165) is 16.0 Å². The molecule has 0 aliphatic heterocycles. The SMILES string of the molecule is COC(=O)[C@@H](N)CSc1cc(C(C)(C)C)c(O)c(C(C)(C)C)c1. The fourth-order valence-corrected chi connectivity index (χ4v) is 3.15. The molecule has 0 saturated heterocycles. The van der Waals surface area contributed by atoms with Crippen LogP contribution in [0.1, 0.15) is 52.7 Å². The van der Waals surface area contributed by atoms with Crippen LogP contribution >= 0.6 is 11.8 Å². The number of thioether (sulfide) groups is 1. The first kappa shape index (κ1) is 19.8. The quantitative estimate of drug-likeness (QED) is 0.648. The molecule has 1 aromatic carbocycles. The van der Waals surface area contributed by atoms with E-state index in [1.165, 1.54) is 18.9 Å². The van der Waals surface area contributed by atoms with Gasteiger partial charge in [0.1, 0.15) is 11.8 Å². The highest BCUT2D eigenvalue weighted by Crippen LogP contribution is 2.41. The number of aromatic hydroxyl groups is 1. The summed E-state index contributed by atoms with van der Waals surface area (Å²) < 4.78 is 4.66. The lowest BCUT2D eigenvalue weighted by atomic mass is 9.79. The van der Waals surface area contributed by atoms with E-state index in [0.29, 0.717) is 11.5 Å². The molecule has 0 aliphatic rings. The predicted molar refractivity (Wildman–Crippen MR) is 96.2 cm³/mol. The molecule has 0 aliphatic carbocycles. The lowest BCUT2D eigenvalue weighted by Gasteiger charge is -2.28. The number of rotatable bonds is 4. The fourth-order valence-electron chi connectivity index (χ4n) is 2.24. The third kappa shape index (κ3) is 5.15. The van der Waals surface area contributed by atoms with Crippen LogP contribution in [0.2, 0.25) is 0 Å². The van der Waals surface area contributed by atoms with Gasteiger partial charge in [0.05, 0.1) is 7.11 Å². The maximum absolute atomic E-state index is 11.4. The molecule has 0 saturated carbocycles. The maximum atomic E-state index is 11.4. The van der Waals surface area contributed by atoms with Crippen LogP contribution in [0.15, 0.2) is 17.0 Å². The molecular formula is C18H29NO3S. The number of esters is 1. The van der Waals surface area contributed by atoms with Crippen molar-refractivity contribution in [3.05, 3.63) is 23.3 Å². The highest BCUT2D eigenvalue weighted by atomic mass is 32.2. The van der Waals surface area contributed by atoms with Gasteiger partial charge in [-0.15, -0.1) is 11.8 Å². The van der Waals surface area contributed by atoms with E-state index >= 15 is 0 Å². The molecule has 0 fully saturated rings. The van der Waals surface area contributed by atoms with Crippen molar-refractivity contribution >= 4 is 17.7 Å². The van der Waals surface area contributed by atoms with Gasteiger partial charge in [0, 0.05) is 21.8 Å². The second kappa shape index (κ2) is 7.14. The first-order valence-electron chi connectivity index (χ1n) is 7.72. The molecule has 5 heteroatoms. The molecule has 0 unspecified atom stereocenters. The Bertz CT molecular complexity index is 536. The van der Waals surface area contributed by atoms with Gasteiger partial charge in [0.25, 0.3) is 0 Å². The number of carbonyl (C=O) groups is 1. The number of hydrogen-bond acceptors (Lipinski definition) is 5. The third-order valence-corrected chi connectivity index (χ3v) is 4.73. The summed E-state index contributed by atoms with van der Waals surface area (Å²) in [6, 6.07) is 3.31. The summed E-state index contributed by atoms with van der Waals surface area (Å²) in [5.41, 5.74) is 7.26. The molecular weight excluding hydrogens is 310 g/mol. The minimum absolute atomic E-state index is 0.175. The maximum Gasteiger partial charge on any atom is 0.323 e. The van der Waals surface area contributed by atoms with Crippen molar-refractivity contribution in [2.24, 2.45) is 5.73 Å². The summed E-state index contributed by atoms with van der Waals surface area (Å²) in [7, 11) is 1.34. The monoisotopic (exact) mass is 339 g/mol. The Hall–Kier alpha value is -1.20. The second-order valence-corrected chi connectivity index (χ2v) is 8.90. The van der Waals surface area contributed by atoms with E-state index in [9.17, 15) is 9.90 Å². The van der Waals surface area contributed by atoms with Crippen molar-refractivity contribution in [2.45, 2.75) is 63.3 Å². The van der Waals surface area contributed by atoms with Crippen LogP contribution in [0.4, 0.5) is 0 Å². The summed E-state index contributed by atoms with van der Waals surface area (Å²) in [6.07, 6.45) is 0. The normalized spacial score (nSPS) is 13.7. The Labute approximate surface area is 143 Å². The number of phenols is 1. The van der Waals surface area contributed by atoms with Crippen LogP contribution < -0.4 is 5.73 Å². The van der Waals surface area contributed by atoms with Crippen LogP contribution in [0.3, 0.4) is 0 Å². The van der Waals surface area contributed by atoms with Crippen LogP contribution in [0, 0.1) is 0 Å². The minimum atomic E-state index is -0.657. The molecule has 3 N–H and O–H groups in total. The molecule has 23 heavy (non-hydrogen) atoms. The molecule has 1 aromatic rings. The zero-order chi connectivity index (χ0) is 18.0. The number of benzene rings is 1. The Morgan fingerprint density at radius 1 is 1.17 bits per heavy atom. The van der Waals surface area contributed by atoms with Crippen LogP contribution in [-0.4, -0.2) is 30.0 Å². The van der Waals surface area contributed by atoms with Crippen LogP contribution in [0.5, 0.6) is 5.75 Å². The fraction of sp³-hybridized carbons (Fsp3) is 0.611. The number of hydrogen-bond donors (Lipinski definition) is 2. The van der Waals surface area contributed by atoms with Gasteiger partial charge in [-0.1, -0.05) is 41.5 Å². The lowest BCUT2D eigenvalue weighted by Crippen LogP contribution is -2.33. The molecule has 4 nitrogen and oxygen atoms in total. The molecule has 0 heterocycles. The topological polar surface area (TPSA) is 72.5 Å². The molecule has 0 radical (unpaired) electrons. The van der Waals surface area contributed by atoms with Crippen molar-refractivity contribution < 1.29 is 14.6 Å². The van der Waals surface area contributed by atoms with E-state index in [2.05, 4.69) is 46.3 Å². The van der Waals surface area contributed by atoms with E-state index in [1.54, 1.807) is 0 Å². The summed E-state index contributed by atoms with van der Waals surface area (Å²) in [5.74, 6) is 0.375. The number of nitrogens with two attached hydrogens (primary N) is 1. The molecule has 0 aromatic heterocycles. The summed E-state index contributed by atoms with van der Waals surface area (Å²) in [4.78, 5) is 12.4. The molecule has 0 bridgehead atoms. The molecule has 130 valence electrons. The average molecular weight is 340 g/mol. The first-order valence-corrected chi connectivity index (χ1v) is 8.70. The molecule has 0 spiro atoms. The third-order valence-electron chi connectivity index (χ3n) is 3.63. The highest BCUT2D eigenvalue weighted by molar-refractivity contribution is 7.99. The molecule has 1 atom stereocenters. The number of ether oxygens (including phenoxy) is 1. The van der Waals surface area contributed by atoms with Gasteiger partial charge >= 0.3 is 5.97 Å². The van der Waals surface area contributed by atoms with Crippen molar-refractivity contribution in [2.75, 3.05) is 12.9 Å².